The van der Waals surface area contributed by atoms with Crippen molar-refractivity contribution in [3.8, 4) is 11.5 Å². The minimum atomic E-state index is -3.77. The summed E-state index contributed by atoms with van der Waals surface area (Å²) in [4.78, 5) is 0. The Hall–Kier alpha value is -2.09. The summed E-state index contributed by atoms with van der Waals surface area (Å²) in [5, 5.41) is 10.00. The molecule has 0 bridgehead atoms. The van der Waals surface area contributed by atoms with Crippen molar-refractivity contribution in [2.75, 3.05) is 14.2 Å². The molecule has 0 saturated heterocycles. The summed E-state index contributed by atoms with van der Waals surface area (Å²) >= 11 is 0. The number of rotatable bonds is 10. The van der Waals surface area contributed by atoms with Crippen LogP contribution in [-0.2, 0) is 23.1 Å². The van der Waals surface area contributed by atoms with Gasteiger partial charge >= 0.3 is 0 Å². The zero-order valence-electron chi connectivity index (χ0n) is 19.6. The van der Waals surface area contributed by atoms with E-state index in [0.717, 1.165) is 35.5 Å². The molecule has 6 nitrogen and oxygen atoms in total. The molecule has 7 heteroatoms. The molecule has 0 spiro atoms. The molecule has 2 aromatic rings. The lowest BCUT2D eigenvalue weighted by Crippen LogP contribution is -2.49. The van der Waals surface area contributed by atoms with Crippen LogP contribution in [-0.4, -0.2) is 43.4 Å². The van der Waals surface area contributed by atoms with Gasteiger partial charge in [0.25, 0.3) is 0 Å². The molecule has 2 aromatic carbocycles. The van der Waals surface area contributed by atoms with Crippen molar-refractivity contribution in [3.05, 3.63) is 59.7 Å². The zero-order valence-corrected chi connectivity index (χ0v) is 20.4. The lowest BCUT2D eigenvalue weighted by atomic mass is 9.62. The predicted octanol–water partition coefficient (Wildman–Crippen LogP) is 4.22. The molecule has 2 atom stereocenters. The third kappa shape index (κ3) is 5.63. The van der Waals surface area contributed by atoms with E-state index in [1.165, 1.54) is 4.31 Å². The van der Waals surface area contributed by atoms with Gasteiger partial charge in [0.1, 0.15) is 11.5 Å². The van der Waals surface area contributed by atoms with Gasteiger partial charge in [-0.15, -0.1) is 0 Å². The number of aliphatic hydroxyl groups is 1. The first kappa shape index (κ1) is 24.6. The van der Waals surface area contributed by atoms with E-state index in [1.807, 2.05) is 48.5 Å². The summed E-state index contributed by atoms with van der Waals surface area (Å²) in [6, 6.07) is 14.8. The van der Waals surface area contributed by atoms with Gasteiger partial charge < -0.3 is 14.6 Å². The van der Waals surface area contributed by atoms with E-state index in [9.17, 15) is 13.5 Å². The Morgan fingerprint density at radius 3 is 1.69 bits per heavy atom. The Kier molecular flexibility index (Phi) is 7.53. The van der Waals surface area contributed by atoms with Crippen molar-refractivity contribution in [2.45, 2.75) is 58.1 Å². The van der Waals surface area contributed by atoms with E-state index >= 15 is 0 Å². The summed E-state index contributed by atoms with van der Waals surface area (Å²) in [7, 11) is -0.571. The highest BCUT2D eigenvalue weighted by Gasteiger charge is 2.45. The number of sulfonamides is 1. The maximum Gasteiger partial charge on any atom is 0.219 e. The third-order valence-corrected chi connectivity index (χ3v) is 8.66. The average molecular weight is 462 g/mol. The van der Waals surface area contributed by atoms with Gasteiger partial charge in [0.05, 0.1) is 25.6 Å². The summed E-state index contributed by atoms with van der Waals surface area (Å²) in [5.74, 6) is 1.45. The number of hydrogen-bond donors (Lipinski definition) is 1. The molecule has 1 aliphatic rings. The van der Waals surface area contributed by atoms with Gasteiger partial charge in [0, 0.05) is 13.1 Å². The Morgan fingerprint density at radius 1 is 0.938 bits per heavy atom. The molecule has 32 heavy (non-hydrogen) atoms. The van der Waals surface area contributed by atoms with Crippen molar-refractivity contribution < 1.29 is 23.0 Å². The van der Waals surface area contributed by atoms with Gasteiger partial charge in [-0.3, -0.25) is 0 Å². The lowest BCUT2D eigenvalue weighted by Gasteiger charge is -2.46. The third-order valence-electron chi connectivity index (χ3n) is 6.46. The van der Waals surface area contributed by atoms with Crippen molar-refractivity contribution in [1.29, 1.82) is 0 Å². The Morgan fingerprint density at radius 2 is 1.34 bits per heavy atom. The molecule has 0 aromatic heterocycles. The standard InChI is InChI=1S/C25H35NO5S/c1-18(24(27)21-14-25(2,3)15-21)32(28,29)26(16-19-6-10-22(30-4)11-7-19)17-20-8-12-23(31-5)13-9-20/h6-13,18,21,24,27H,14-17H2,1-5H3/t18-,24-/m0/s1. The summed E-state index contributed by atoms with van der Waals surface area (Å²) < 4.78 is 39.2. The largest absolute Gasteiger partial charge is 0.497 e. The van der Waals surface area contributed by atoms with Crippen LogP contribution in [0.25, 0.3) is 0 Å². The van der Waals surface area contributed by atoms with Gasteiger partial charge in [-0.05, 0) is 66.5 Å². The molecule has 176 valence electrons. The summed E-state index contributed by atoms with van der Waals surface area (Å²) in [6.45, 7) is 6.35. The Balaban J connectivity index is 1.84. The number of ether oxygens (including phenoxy) is 2. The molecule has 0 heterocycles. The van der Waals surface area contributed by atoms with Crippen molar-refractivity contribution in [1.82, 2.24) is 4.31 Å². The first-order valence-corrected chi connectivity index (χ1v) is 12.5. The fraction of sp³-hybridized carbons (Fsp3) is 0.520. The highest BCUT2D eigenvalue weighted by atomic mass is 32.2. The monoisotopic (exact) mass is 461 g/mol. The fourth-order valence-corrected chi connectivity index (χ4v) is 6.20. The Bertz CT molecular complexity index is 928. The second-order valence-electron chi connectivity index (χ2n) is 9.54. The first-order chi connectivity index (χ1) is 15.1. The molecular formula is C25H35NO5S. The first-order valence-electron chi connectivity index (χ1n) is 11.0. The maximum absolute atomic E-state index is 13.6. The van der Waals surface area contributed by atoms with Gasteiger partial charge in [0.15, 0.2) is 0 Å². The van der Waals surface area contributed by atoms with Crippen LogP contribution < -0.4 is 9.47 Å². The quantitative estimate of drug-likeness (QED) is 0.573. The Labute approximate surface area is 192 Å². The average Bonchev–Trinajstić information content (AvgIpc) is 2.76. The highest BCUT2D eigenvalue weighted by Crippen LogP contribution is 2.47. The topological polar surface area (TPSA) is 76.1 Å². The van der Waals surface area contributed by atoms with Crippen LogP contribution in [0.5, 0.6) is 11.5 Å². The van der Waals surface area contributed by atoms with E-state index < -0.39 is 21.4 Å². The molecule has 0 unspecified atom stereocenters. The molecule has 1 N–H and O–H groups in total. The second-order valence-corrected chi connectivity index (χ2v) is 11.8. The molecule has 0 amide bonds. The maximum atomic E-state index is 13.6. The molecule has 1 fully saturated rings. The van der Waals surface area contributed by atoms with Crippen LogP contribution in [0, 0.1) is 11.3 Å². The zero-order chi connectivity index (χ0) is 23.5. The number of benzene rings is 2. The molecule has 1 aliphatic carbocycles. The number of methoxy groups -OCH3 is 2. The van der Waals surface area contributed by atoms with Crippen LogP contribution in [0.4, 0.5) is 0 Å². The summed E-state index contributed by atoms with van der Waals surface area (Å²) in [5.41, 5.74) is 1.88. The minimum absolute atomic E-state index is 0.0126. The van der Waals surface area contributed by atoms with Crippen LogP contribution in [0.3, 0.4) is 0 Å². The predicted molar refractivity (Wildman–Crippen MR) is 126 cm³/mol. The SMILES string of the molecule is COc1ccc(CN(Cc2ccc(OC)cc2)S(=O)(=O)[C@@H](C)[C@H](O)C2CC(C)(C)C2)cc1. The van der Waals surface area contributed by atoms with E-state index in [1.54, 1.807) is 21.1 Å². The van der Waals surface area contributed by atoms with Crippen LogP contribution >= 0.6 is 0 Å². The number of aliphatic hydroxyl groups excluding tert-OH is 1. The smallest absolute Gasteiger partial charge is 0.219 e. The molecule has 1 saturated carbocycles. The van der Waals surface area contributed by atoms with Gasteiger partial charge in [-0.1, -0.05) is 38.1 Å². The van der Waals surface area contributed by atoms with E-state index in [2.05, 4.69) is 13.8 Å². The van der Waals surface area contributed by atoms with Crippen molar-refractivity contribution in [3.63, 3.8) is 0 Å². The fourth-order valence-electron chi connectivity index (χ4n) is 4.50. The molecular weight excluding hydrogens is 426 g/mol. The molecule has 3 rings (SSSR count). The van der Waals surface area contributed by atoms with Crippen LogP contribution in [0.2, 0.25) is 0 Å². The van der Waals surface area contributed by atoms with Crippen molar-refractivity contribution >= 4 is 10.0 Å². The van der Waals surface area contributed by atoms with Gasteiger partial charge in [-0.25, -0.2) is 8.42 Å². The van der Waals surface area contributed by atoms with E-state index in [-0.39, 0.29) is 24.4 Å². The second kappa shape index (κ2) is 9.81. The van der Waals surface area contributed by atoms with Crippen LogP contribution in [0.1, 0.15) is 44.7 Å². The normalized spacial score (nSPS) is 18.1. The summed E-state index contributed by atoms with van der Waals surface area (Å²) in [6.07, 6.45) is 0.790. The number of nitrogens with zero attached hydrogens (tertiary/aromatic N) is 1. The van der Waals surface area contributed by atoms with Gasteiger partial charge in [-0.2, -0.15) is 4.31 Å². The van der Waals surface area contributed by atoms with E-state index in [0.29, 0.717) is 0 Å². The minimum Gasteiger partial charge on any atom is -0.497 e. The highest BCUT2D eigenvalue weighted by molar-refractivity contribution is 7.89. The molecule has 0 radical (unpaired) electrons. The molecule has 0 aliphatic heterocycles. The van der Waals surface area contributed by atoms with E-state index in [4.69, 9.17) is 9.47 Å². The number of hydrogen-bond acceptors (Lipinski definition) is 5. The lowest BCUT2D eigenvalue weighted by molar-refractivity contribution is -0.0136. The van der Waals surface area contributed by atoms with Crippen molar-refractivity contribution in [2.24, 2.45) is 11.3 Å². The van der Waals surface area contributed by atoms with Crippen LogP contribution in [0.15, 0.2) is 48.5 Å². The van der Waals surface area contributed by atoms with Gasteiger partial charge in [0.2, 0.25) is 10.0 Å².